The van der Waals surface area contributed by atoms with E-state index in [9.17, 15) is 0 Å². The Hall–Kier alpha value is -0.940. The van der Waals surface area contributed by atoms with Crippen LogP contribution < -0.4 is 11.3 Å². The number of nitrogens with zero attached hydrogens (tertiary/aromatic N) is 3. The van der Waals surface area contributed by atoms with Crippen molar-refractivity contribution in [1.29, 1.82) is 0 Å². The fourth-order valence-corrected chi connectivity index (χ4v) is 2.80. The maximum absolute atomic E-state index is 5.71. The summed E-state index contributed by atoms with van der Waals surface area (Å²) >= 11 is 0. The molecule has 5 heteroatoms. The Balaban J connectivity index is 2.08. The van der Waals surface area contributed by atoms with E-state index in [4.69, 9.17) is 5.84 Å². The molecule has 1 fully saturated rings. The van der Waals surface area contributed by atoms with Gasteiger partial charge < -0.3 is 0 Å². The van der Waals surface area contributed by atoms with E-state index in [1.807, 2.05) is 17.9 Å². The number of hydrogen-bond donors (Lipinski definition) is 2. The molecule has 1 atom stereocenters. The molecule has 96 valence electrons. The standard InChI is InChI=1S/C12H23N5/c1-12(2)6-4-9(5-7-12)11(15-13)10-8-14-16-17(10)3/h8-9,11,15H,4-7,13H2,1-3H3. The monoisotopic (exact) mass is 237 g/mol. The van der Waals surface area contributed by atoms with Crippen molar-refractivity contribution >= 4 is 0 Å². The second-order valence-electron chi connectivity index (χ2n) is 5.93. The lowest BCUT2D eigenvalue weighted by Gasteiger charge is -2.37. The second-order valence-corrected chi connectivity index (χ2v) is 5.93. The van der Waals surface area contributed by atoms with Crippen LogP contribution in [0.1, 0.15) is 51.3 Å². The molecular formula is C12H23N5. The fourth-order valence-electron chi connectivity index (χ4n) is 2.80. The van der Waals surface area contributed by atoms with Crippen LogP contribution in [-0.2, 0) is 7.05 Å². The fraction of sp³-hybridized carbons (Fsp3) is 0.833. The minimum absolute atomic E-state index is 0.172. The summed E-state index contributed by atoms with van der Waals surface area (Å²) in [5.41, 5.74) is 4.51. The van der Waals surface area contributed by atoms with Gasteiger partial charge in [0.15, 0.2) is 0 Å². The molecule has 0 saturated heterocycles. The van der Waals surface area contributed by atoms with Crippen molar-refractivity contribution in [1.82, 2.24) is 20.4 Å². The van der Waals surface area contributed by atoms with Crippen molar-refractivity contribution in [2.45, 2.75) is 45.6 Å². The number of nitrogens with two attached hydrogens (primary N) is 1. The number of hydrogen-bond acceptors (Lipinski definition) is 4. The smallest absolute Gasteiger partial charge is 0.0769 e. The first-order chi connectivity index (χ1) is 8.03. The van der Waals surface area contributed by atoms with Crippen molar-refractivity contribution in [2.24, 2.45) is 24.2 Å². The normalized spacial score (nSPS) is 22.6. The lowest BCUT2D eigenvalue weighted by Crippen LogP contribution is -2.37. The highest BCUT2D eigenvalue weighted by molar-refractivity contribution is 5.04. The minimum atomic E-state index is 0.172. The molecule has 3 N–H and O–H groups in total. The number of rotatable bonds is 3. The molecule has 0 amide bonds. The Bertz CT molecular complexity index is 361. The van der Waals surface area contributed by atoms with E-state index in [1.54, 1.807) is 0 Å². The van der Waals surface area contributed by atoms with Crippen LogP contribution in [0.5, 0.6) is 0 Å². The number of nitrogens with one attached hydrogen (secondary N) is 1. The lowest BCUT2D eigenvalue weighted by molar-refractivity contribution is 0.158. The SMILES string of the molecule is Cn1nncc1C(NN)C1CCC(C)(C)CC1. The Kier molecular flexibility index (Phi) is 3.49. The zero-order chi connectivity index (χ0) is 12.5. The number of aryl methyl sites for hydroxylation is 1. The van der Waals surface area contributed by atoms with Crippen molar-refractivity contribution < 1.29 is 0 Å². The molecular weight excluding hydrogens is 214 g/mol. The van der Waals surface area contributed by atoms with Gasteiger partial charge in [0.25, 0.3) is 0 Å². The summed E-state index contributed by atoms with van der Waals surface area (Å²) < 4.78 is 1.81. The van der Waals surface area contributed by atoms with E-state index in [2.05, 4.69) is 29.6 Å². The third-order valence-electron chi connectivity index (χ3n) is 4.10. The van der Waals surface area contributed by atoms with Crippen molar-refractivity contribution in [3.63, 3.8) is 0 Å². The van der Waals surface area contributed by atoms with Gasteiger partial charge in [-0.3, -0.25) is 16.0 Å². The van der Waals surface area contributed by atoms with Gasteiger partial charge in [0.1, 0.15) is 0 Å². The molecule has 0 bridgehead atoms. The quantitative estimate of drug-likeness (QED) is 0.618. The largest absolute Gasteiger partial charge is 0.271 e. The van der Waals surface area contributed by atoms with Crippen molar-refractivity contribution in [3.8, 4) is 0 Å². The molecule has 0 aromatic carbocycles. The summed E-state index contributed by atoms with van der Waals surface area (Å²) in [5.74, 6) is 6.30. The topological polar surface area (TPSA) is 68.8 Å². The number of aromatic nitrogens is 3. The molecule has 0 aliphatic heterocycles. The van der Waals surface area contributed by atoms with E-state index < -0.39 is 0 Å². The summed E-state index contributed by atoms with van der Waals surface area (Å²) in [7, 11) is 1.92. The van der Waals surface area contributed by atoms with Gasteiger partial charge in [0.2, 0.25) is 0 Å². The molecule has 1 aliphatic rings. The predicted molar refractivity (Wildman–Crippen MR) is 66.8 cm³/mol. The number of hydrazine groups is 1. The van der Waals surface area contributed by atoms with Crippen LogP contribution in [0.25, 0.3) is 0 Å². The molecule has 1 aliphatic carbocycles. The maximum atomic E-state index is 5.71. The van der Waals surface area contributed by atoms with Gasteiger partial charge in [0.05, 0.1) is 17.9 Å². The molecule has 5 nitrogen and oxygen atoms in total. The van der Waals surface area contributed by atoms with Crippen molar-refractivity contribution in [3.05, 3.63) is 11.9 Å². The van der Waals surface area contributed by atoms with E-state index in [0.29, 0.717) is 11.3 Å². The third kappa shape index (κ3) is 2.66. The molecule has 1 heterocycles. The van der Waals surface area contributed by atoms with Gasteiger partial charge in [-0.1, -0.05) is 19.1 Å². The van der Waals surface area contributed by atoms with Crippen molar-refractivity contribution in [2.75, 3.05) is 0 Å². The molecule has 0 radical (unpaired) electrons. The average Bonchev–Trinajstić information content (AvgIpc) is 2.69. The lowest BCUT2D eigenvalue weighted by atomic mass is 9.71. The molecule has 1 aromatic rings. The Morgan fingerprint density at radius 2 is 2.12 bits per heavy atom. The second kappa shape index (κ2) is 4.74. The van der Waals surface area contributed by atoms with Crippen LogP contribution in [-0.4, -0.2) is 15.0 Å². The zero-order valence-corrected chi connectivity index (χ0v) is 11.0. The first-order valence-corrected chi connectivity index (χ1v) is 6.34. The average molecular weight is 237 g/mol. The van der Waals surface area contributed by atoms with Crippen LogP contribution in [0.2, 0.25) is 0 Å². The molecule has 1 saturated carbocycles. The van der Waals surface area contributed by atoms with Gasteiger partial charge in [-0.15, -0.1) is 5.10 Å². The van der Waals surface area contributed by atoms with Gasteiger partial charge in [0, 0.05) is 7.05 Å². The minimum Gasteiger partial charge on any atom is -0.271 e. The molecule has 2 rings (SSSR count). The Labute approximate surface area is 103 Å². The highest BCUT2D eigenvalue weighted by Gasteiger charge is 2.32. The summed E-state index contributed by atoms with van der Waals surface area (Å²) in [6.45, 7) is 4.69. The Morgan fingerprint density at radius 1 is 1.47 bits per heavy atom. The zero-order valence-electron chi connectivity index (χ0n) is 11.0. The van der Waals surface area contributed by atoms with Gasteiger partial charge in [-0.05, 0) is 37.0 Å². The Morgan fingerprint density at radius 3 is 2.59 bits per heavy atom. The highest BCUT2D eigenvalue weighted by atomic mass is 15.4. The molecule has 0 spiro atoms. The maximum Gasteiger partial charge on any atom is 0.0769 e. The van der Waals surface area contributed by atoms with Gasteiger partial charge in [-0.2, -0.15) is 0 Å². The molecule has 1 unspecified atom stereocenters. The van der Waals surface area contributed by atoms with Crippen LogP contribution in [0, 0.1) is 11.3 Å². The van der Waals surface area contributed by atoms with Crippen LogP contribution in [0.3, 0.4) is 0 Å². The van der Waals surface area contributed by atoms with Crippen LogP contribution >= 0.6 is 0 Å². The first-order valence-electron chi connectivity index (χ1n) is 6.34. The summed E-state index contributed by atoms with van der Waals surface area (Å²) in [6, 6.07) is 0.172. The van der Waals surface area contributed by atoms with Gasteiger partial charge in [-0.25, -0.2) is 0 Å². The van der Waals surface area contributed by atoms with E-state index >= 15 is 0 Å². The van der Waals surface area contributed by atoms with E-state index in [-0.39, 0.29) is 6.04 Å². The summed E-state index contributed by atoms with van der Waals surface area (Å²) in [4.78, 5) is 0. The van der Waals surface area contributed by atoms with Gasteiger partial charge >= 0.3 is 0 Å². The predicted octanol–water partition coefficient (Wildman–Crippen LogP) is 1.54. The first kappa shape index (κ1) is 12.5. The summed E-state index contributed by atoms with van der Waals surface area (Å²) in [5, 5.41) is 7.91. The van der Waals surface area contributed by atoms with E-state index in [0.717, 1.165) is 5.69 Å². The highest BCUT2D eigenvalue weighted by Crippen LogP contribution is 2.42. The molecule has 1 aromatic heterocycles. The van der Waals surface area contributed by atoms with Crippen LogP contribution in [0.4, 0.5) is 0 Å². The third-order valence-corrected chi connectivity index (χ3v) is 4.10. The van der Waals surface area contributed by atoms with E-state index in [1.165, 1.54) is 25.7 Å². The molecule has 17 heavy (non-hydrogen) atoms. The van der Waals surface area contributed by atoms with Crippen LogP contribution in [0.15, 0.2) is 6.20 Å². The summed E-state index contributed by atoms with van der Waals surface area (Å²) in [6.07, 6.45) is 6.77.